The minimum atomic E-state index is -0.375. The number of nitrogens with one attached hydrogen (secondary N) is 2. The Morgan fingerprint density at radius 2 is 1.84 bits per heavy atom. The molecule has 31 heavy (non-hydrogen) atoms. The van der Waals surface area contributed by atoms with Gasteiger partial charge in [-0.15, -0.1) is 5.10 Å². The number of hydrogen-bond acceptors (Lipinski definition) is 5. The predicted molar refractivity (Wildman–Crippen MR) is 119 cm³/mol. The summed E-state index contributed by atoms with van der Waals surface area (Å²) < 4.78 is 3.41. The van der Waals surface area contributed by atoms with E-state index in [1.807, 2.05) is 78.5 Å². The third-order valence-electron chi connectivity index (χ3n) is 4.79. The molecular formula is C22H22N6O2S. The van der Waals surface area contributed by atoms with E-state index < -0.39 is 0 Å². The first kappa shape index (κ1) is 20.7. The second kappa shape index (κ2) is 9.48. The van der Waals surface area contributed by atoms with Crippen LogP contribution < -0.4 is 11.0 Å². The van der Waals surface area contributed by atoms with Crippen LogP contribution in [0.15, 0.2) is 83.0 Å². The molecule has 0 aliphatic carbocycles. The van der Waals surface area contributed by atoms with Gasteiger partial charge in [0, 0.05) is 19.4 Å². The van der Waals surface area contributed by atoms with Gasteiger partial charge in [-0.2, -0.15) is 0 Å². The molecule has 1 atom stereocenters. The molecule has 2 aromatic heterocycles. The van der Waals surface area contributed by atoms with Gasteiger partial charge >= 0.3 is 5.69 Å². The Kier molecular flexibility index (Phi) is 6.32. The Morgan fingerprint density at radius 1 is 1.13 bits per heavy atom. The average Bonchev–Trinajstić information content (AvgIpc) is 3.37. The molecule has 158 valence electrons. The van der Waals surface area contributed by atoms with Crippen molar-refractivity contribution < 1.29 is 4.79 Å². The summed E-state index contributed by atoms with van der Waals surface area (Å²) in [7, 11) is 1.89. The highest BCUT2D eigenvalue weighted by molar-refractivity contribution is 7.99. The van der Waals surface area contributed by atoms with Gasteiger partial charge in [0.15, 0.2) is 5.16 Å². The van der Waals surface area contributed by atoms with Crippen LogP contribution in [-0.2, 0) is 18.4 Å². The molecule has 0 spiro atoms. The monoisotopic (exact) mass is 434 g/mol. The molecule has 0 fully saturated rings. The fourth-order valence-corrected chi connectivity index (χ4v) is 4.01. The number of aryl methyl sites for hydroxylation is 1. The molecular weight excluding hydrogens is 412 g/mol. The SMILES string of the molecule is Cn1ccnc1[C@H](NC(=O)CSc1n[nH]c(=O)n1Cc1ccccc1)c1ccccc1. The fourth-order valence-electron chi connectivity index (χ4n) is 3.25. The van der Waals surface area contributed by atoms with Gasteiger partial charge in [-0.3, -0.25) is 9.36 Å². The van der Waals surface area contributed by atoms with Crippen LogP contribution in [0.1, 0.15) is 23.0 Å². The van der Waals surface area contributed by atoms with Crippen LogP contribution in [0, 0.1) is 0 Å². The quantitative estimate of drug-likeness (QED) is 0.415. The second-order valence-electron chi connectivity index (χ2n) is 6.98. The van der Waals surface area contributed by atoms with Crippen molar-refractivity contribution in [2.24, 2.45) is 7.05 Å². The summed E-state index contributed by atoms with van der Waals surface area (Å²) in [5, 5.41) is 10.1. The third kappa shape index (κ3) is 4.95. The Morgan fingerprint density at radius 3 is 2.52 bits per heavy atom. The Labute approximate surface area is 183 Å². The second-order valence-corrected chi connectivity index (χ2v) is 7.92. The lowest BCUT2D eigenvalue weighted by molar-refractivity contribution is -0.119. The van der Waals surface area contributed by atoms with Crippen molar-refractivity contribution in [1.82, 2.24) is 29.6 Å². The van der Waals surface area contributed by atoms with Crippen molar-refractivity contribution in [3.63, 3.8) is 0 Å². The van der Waals surface area contributed by atoms with Gasteiger partial charge in [0.05, 0.1) is 12.3 Å². The molecule has 0 saturated heterocycles. The zero-order valence-corrected chi connectivity index (χ0v) is 17.7. The van der Waals surface area contributed by atoms with Crippen molar-refractivity contribution in [1.29, 1.82) is 0 Å². The molecule has 0 aliphatic heterocycles. The van der Waals surface area contributed by atoms with Crippen molar-refractivity contribution in [3.05, 3.63) is 100 Å². The maximum absolute atomic E-state index is 12.8. The lowest BCUT2D eigenvalue weighted by Crippen LogP contribution is -2.32. The number of hydrogen-bond donors (Lipinski definition) is 2. The summed E-state index contributed by atoms with van der Waals surface area (Å²) in [5.41, 5.74) is 1.62. The number of imidazole rings is 1. The predicted octanol–water partition coefficient (Wildman–Crippen LogP) is 2.35. The zero-order valence-electron chi connectivity index (χ0n) is 16.9. The van der Waals surface area contributed by atoms with Crippen LogP contribution in [0.5, 0.6) is 0 Å². The van der Waals surface area contributed by atoms with Gasteiger partial charge in [-0.05, 0) is 11.1 Å². The van der Waals surface area contributed by atoms with E-state index in [2.05, 4.69) is 20.5 Å². The Bertz CT molecular complexity index is 1200. The zero-order chi connectivity index (χ0) is 21.6. The molecule has 9 heteroatoms. The van der Waals surface area contributed by atoms with E-state index >= 15 is 0 Å². The summed E-state index contributed by atoms with van der Waals surface area (Å²) in [6.07, 6.45) is 3.55. The first-order valence-corrected chi connectivity index (χ1v) is 10.7. The average molecular weight is 435 g/mol. The molecule has 0 bridgehead atoms. The normalized spacial score (nSPS) is 11.9. The summed E-state index contributed by atoms with van der Waals surface area (Å²) in [6, 6.07) is 19.0. The number of nitrogens with zero attached hydrogens (tertiary/aromatic N) is 4. The van der Waals surface area contributed by atoms with Crippen LogP contribution in [0.3, 0.4) is 0 Å². The molecule has 8 nitrogen and oxygen atoms in total. The molecule has 0 saturated carbocycles. The van der Waals surface area contributed by atoms with Gasteiger partial charge in [0.25, 0.3) is 0 Å². The first-order chi connectivity index (χ1) is 15.1. The van der Waals surface area contributed by atoms with Gasteiger partial charge in [0.2, 0.25) is 5.91 Å². The topological polar surface area (TPSA) is 97.6 Å². The third-order valence-corrected chi connectivity index (χ3v) is 5.77. The number of benzene rings is 2. The van der Waals surface area contributed by atoms with Gasteiger partial charge in [-0.1, -0.05) is 72.4 Å². The highest BCUT2D eigenvalue weighted by Gasteiger charge is 2.21. The van der Waals surface area contributed by atoms with Crippen LogP contribution in [0.25, 0.3) is 0 Å². The van der Waals surface area contributed by atoms with Crippen molar-refractivity contribution >= 4 is 17.7 Å². The number of carbonyl (C=O) groups excluding carboxylic acids is 1. The smallest absolute Gasteiger partial charge is 0.341 e. The lowest BCUT2D eigenvalue weighted by Gasteiger charge is -2.19. The Hall–Kier alpha value is -3.59. The molecule has 0 radical (unpaired) electrons. The van der Waals surface area contributed by atoms with E-state index in [0.717, 1.165) is 17.0 Å². The summed E-state index contributed by atoms with van der Waals surface area (Å²) in [4.78, 5) is 29.4. The maximum atomic E-state index is 12.8. The van der Waals surface area contributed by atoms with E-state index in [4.69, 9.17) is 0 Å². The van der Waals surface area contributed by atoms with E-state index in [0.29, 0.717) is 11.7 Å². The van der Waals surface area contributed by atoms with E-state index in [1.165, 1.54) is 16.3 Å². The molecule has 1 amide bonds. The molecule has 4 rings (SSSR count). The highest BCUT2D eigenvalue weighted by Crippen LogP contribution is 2.21. The van der Waals surface area contributed by atoms with Crippen LogP contribution in [0.2, 0.25) is 0 Å². The number of aromatic nitrogens is 5. The first-order valence-electron chi connectivity index (χ1n) is 9.75. The van der Waals surface area contributed by atoms with Crippen LogP contribution in [0.4, 0.5) is 0 Å². The minimum Gasteiger partial charge on any atom is -0.341 e. The summed E-state index contributed by atoms with van der Waals surface area (Å²) in [5.74, 6) is 0.682. The van der Waals surface area contributed by atoms with Gasteiger partial charge < -0.3 is 9.88 Å². The lowest BCUT2D eigenvalue weighted by atomic mass is 10.1. The van der Waals surface area contributed by atoms with Crippen molar-refractivity contribution in [2.45, 2.75) is 17.7 Å². The van der Waals surface area contributed by atoms with Crippen molar-refractivity contribution in [3.8, 4) is 0 Å². The largest absolute Gasteiger partial charge is 0.344 e. The highest BCUT2D eigenvalue weighted by atomic mass is 32.2. The summed E-state index contributed by atoms with van der Waals surface area (Å²) in [6.45, 7) is 0.389. The van der Waals surface area contributed by atoms with Crippen LogP contribution in [-0.4, -0.2) is 36.0 Å². The summed E-state index contributed by atoms with van der Waals surface area (Å²) >= 11 is 1.22. The molecule has 2 N–H and O–H groups in total. The maximum Gasteiger partial charge on any atom is 0.344 e. The molecule has 0 aliphatic rings. The molecule has 0 unspecified atom stereocenters. The van der Waals surface area contributed by atoms with E-state index in [-0.39, 0.29) is 23.4 Å². The van der Waals surface area contributed by atoms with E-state index in [9.17, 15) is 9.59 Å². The molecule has 2 aromatic carbocycles. The Balaban J connectivity index is 1.46. The molecule has 4 aromatic rings. The van der Waals surface area contributed by atoms with Crippen molar-refractivity contribution in [2.75, 3.05) is 5.75 Å². The van der Waals surface area contributed by atoms with Gasteiger partial charge in [0.1, 0.15) is 11.9 Å². The number of carbonyl (C=O) groups is 1. The molecule has 2 heterocycles. The van der Waals surface area contributed by atoms with E-state index in [1.54, 1.807) is 6.20 Å². The number of amides is 1. The number of aromatic amines is 1. The van der Waals surface area contributed by atoms with Crippen LogP contribution >= 0.6 is 11.8 Å². The van der Waals surface area contributed by atoms with Gasteiger partial charge in [-0.25, -0.2) is 14.9 Å². The number of H-pyrrole nitrogens is 1. The fraction of sp³-hybridized carbons (Fsp3) is 0.182. The standard InChI is InChI=1S/C22H22N6O2S/c1-27-13-12-23-20(27)19(17-10-6-3-7-11-17)24-18(29)15-31-22-26-25-21(30)28(22)14-16-8-4-2-5-9-16/h2-13,19H,14-15H2,1H3,(H,24,29)(H,25,30)/t19-/m1/s1. The number of thioether (sulfide) groups is 1. The minimum absolute atomic E-state index is 0.118. The number of rotatable bonds is 8.